The Balaban J connectivity index is 1.37. The number of hydrogen-bond acceptors (Lipinski definition) is 4. The van der Waals surface area contributed by atoms with Gasteiger partial charge in [0, 0.05) is 42.7 Å². The van der Waals surface area contributed by atoms with Crippen LogP contribution in [0.3, 0.4) is 0 Å². The van der Waals surface area contributed by atoms with E-state index in [0.29, 0.717) is 13.0 Å². The van der Waals surface area contributed by atoms with Crippen molar-refractivity contribution < 1.29 is 9.53 Å². The van der Waals surface area contributed by atoms with E-state index in [1.807, 2.05) is 24.4 Å². The molecule has 1 aromatic carbocycles. The molecule has 0 fully saturated rings. The van der Waals surface area contributed by atoms with E-state index in [0.717, 1.165) is 52.7 Å². The van der Waals surface area contributed by atoms with Gasteiger partial charge in [-0.15, -0.1) is 0 Å². The van der Waals surface area contributed by atoms with Gasteiger partial charge < -0.3 is 15.0 Å². The highest BCUT2D eigenvalue weighted by atomic mass is 16.5. The second-order valence-corrected chi connectivity index (χ2v) is 7.28. The Bertz CT molecular complexity index is 1080. The number of hydrogen-bond donors (Lipinski definition) is 2. The maximum atomic E-state index is 12.6. The van der Waals surface area contributed by atoms with Crippen LogP contribution in [0.5, 0.6) is 5.75 Å². The zero-order valence-corrected chi connectivity index (χ0v) is 16.1. The zero-order valence-electron chi connectivity index (χ0n) is 16.1. The smallest absolute Gasteiger partial charge is 0.266 e. The van der Waals surface area contributed by atoms with Crippen molar-refractivity contribution in [1.82, 2.24) is 20.1 Å². The minimum atomic E-state index is -0.130. The topological polar surface area (TPSA) is 89.0 Å². The molecule has 3 aromatic rings. The van der Waals surface area contributed by atoms with Crippen LogP contribution in [-0.2, 0) is 31.1 Å². The molecule has 1 aliphatic rings. The summed E-state index contributed by atoms with van der Waals surface area (Å²) in [7, 11) is 3.31. The molecule has 2 aromatic heterocycles. The standard InChI is InChI=1S/C21H24N4O3/c1-25-20(26)10-15-9-13(3-5-18(15)24-25)21(27)22-8-7-14-12-23-19-6-4-16(28-2)11-17(14)19/h4,6,10-13,23H,3,5,7-9H2,1-2H3,(H,22,27)/t13-/m0/s1. The van der Waals surface area contributed by atoms with Gasteiger partial charge in [-0.05, 0) is 55.0 Å². The van der Waals surface area contributed by atoms with Gasteiger partial charge >= 0.3 is 0 Å². The molecule has 0 bridgehead atoms. The number of amides is 1. The molecule has 1 aliphatic carbocycles. The summed E-state index contributed by atoms with van der Waals surface area (Å²) in [5.41, 5.74) is 3.91. The van der Waals surface area contributed by atoms with Crippen molar-refractivity contribution in [3.63, 3.8) is 0 Å². The molecule has 28 heavy (non-hydrogen) atoms. The number of carbonyl (C=O) groups excluding carboxylic acids is 1. The van der Waals surface area contributed by atoms with Gasteiger partial charge in [0.1, 0.15) is 5.75 Å². The lowest BCUT2D eigenvalue weighted by Crippen LogP contribution is -2.36. The maximum absolute atomic E-state index is 12.6. The molecule has 7 heteroatoms. The molecule has 7 nitrogen and oxygen atoms in total. The second kappa shape index (κ2) is 7.50. The number of methoxy groups -OCH3 is 1. The molecular weight excluding hydrogens is 356 g/mol. The van der Waals surface area contributed by atoms with Crippen molar-refractivity contribution in [3.8, 4) is 5.75 Å². The number of ether oxygens (including phenoxy) is 1. The number of aryl methyl sites for hydroxylation is 2. The molecule has 1 atom stereocenters. The van der Waals surface area contributed by atoms with Crippen LogP contribution in [0.25, 0.3) is 10.9 Å². The summed E-state index contributed by atoms with van der Waals surface area (Å²) in [5.74, 6) is 0.756. The molecule has 1 amide bonds. The summed E-state index contributed by atoms with van der Waals surface area (Å²) >= 11 is 0. The summed E-state index contributed by atoms with van der Waals surface area (Å²) in [6.45, 7) is 0.571. The van der Waals surface area contributed by atoms with E-state index in [4.69, 9.17) is 4.74 Å². The van der Waals surface area contributed by atoms with Gasteiger partial charge in [0.25, 0.3) is 5.56 Å². The number of benzene rings is 1. The highest BCUT2D eigenvalue weighted by Gasteiger charge is 2.26. The van der Waals surface area contributed by atoms with Gasteiger partial charge in [0.05, 0.1) is 12.8 Å². The number of H-pyrrole nitrogens is 1. The number of rotatable bonds is 5. The minimum Gasteiger partial charge on any atom is -0.497 e. The fourth-order valence-corrected chi connectivity index (χ4v) is 3.87. The predicted molar refractivity (Wildman–Crippen MR) is 107 cm³/mol. The zero-order chi connectivity index (χ0) is 19.7. The van der Waals surface area contributed by atoms with Gasteiger partial charge in [-0.3, -0.25) is 9.59 Å². The first-order valence-electron chi connectivity index (χ1n) is 9.53. The Morgan fingerprint density at radius 2 is 2.25 bits per heavy atom. The first kappa shape index (κ1) is 18.3. The van der Waals surface area contributed by atoms with Crippen LogP contribution < -0.4 is 15.6 Å². The third kappa shape index (κ3) is 3.52. The SMILES string of the molecule is COc1ccc2[nH]cc(CCNC(=O)[C@H]3CCc4nn(C)c(=O)cc4C3)c2c1. The van der Waals surface area contributed by atoms with E-state index in [2.05, 4.69) is 15.4 Å². The molecule has 0 spiro atoms. The van der Waals surface area contributed by atoms with E-state index in [-0.39, 0.29) is 17.4 Å². The highest BCUT2D eigenvalue weighted by molar-refractivity contribution is 5.85. The number of carbonyl (C=O) groups is 1. The van der Waals surface area contributed by atoms with Crippen molar-refractivity contribution >= 4 is 16.8 Å². The van der Waals surface area contributed by atoms with E-state index >= 15 is 0 Å². The lowest BCUT2D eigenvalue weighted by molar-refractivity contribution is -0.125. The number of aromatic nitrogens is 3. The largest absolute Gasteiger partial charge is 0.497 e. The average Bonchev–Trinajstić information content (AvgIpc) is 3.10. The van der Waals surface area contributed by atoms with Crippen LogP contribution >= 0.6 is 0 Å². The Labute approximate surface area is 162 Å². The molecule has 4 rings (SSSR count). The number of nitrogens with one attached hydrogen (secondary N) is 2. The quantitative estimate of drug-likeness (QED) is 0.706. The summed E-state index contributed by atoms with van der Waals surface area (Å²) in [6, 6.07) is 7.54. The molecule has 2 heterocycles. The first-order valence-corrected chi connectivity index (χ1v) is 9.53. The van der Waals surface area contributed by atoms with Crippen molar-refractivity contribution in [2.24, 2.45) is 13.0 Å². The van der Waals surface area contributed by atoms with Crippen molar-refractivity contribution in [3.05, 3.63) is 57.6 Å². The monoisotopic (exact) mass is 380 g/mol. The molecule has 0 saturated carbocycles. The maximum Gasteiger partial charge on any atom is 0.266 e. The Morgan fingerprint density at radius 3 is 3.07 bits per heavy atom. The Kier molecular flexibility index (Phi) is 4.90. The second-order valence-electron chi connectivity index (χ2n) is 7.28. The van der Waals surface area contributed by atoms with Gasteiger partial charge in [-0.1, -0.05) is 0 Å². The van der Waals surface area contributed by atoms with Crippen molar-refractivity contribution in [2.45, 2.75) is 25.7 Å². The van der Waals surface area contributed by atoms with Gasteiger partial charge in [-0.25, -0.2) is 4.68 Å². The van der Waals surface area contributed by atoms with Gasteiger partial charge in [0.15, 0.2) is 0 Å². The van der Waals surface area contributed by atoms with Crippen LogP contribution in [0.4, 0.5) is 0 Å². The van der Waals surface area contributed by atoms with Crippen molar-refractivity contribution in [2.75, 3.05) is 13.7 Å². The van der Waals surface area contributed by atoms with E-state index in [9.17, 15) is 9.59 Å². The van der Waals surface area contributed by atoms with Crippen LogP contribution in [0, 0.1) is 5.92 Å². The van der Waals surface area contributed by atoms with Gasteiger partial charge in [-0.2, -0.15) is 5.10 Å². The van der Waals surface area contributed by atoms with E-state index in [1.165, 1.54) is 4.68 Å². The lowest BCUT2D eigenvalue weighted by atomic mass is 9.86. The van der Waals surface area contributed by atoms with Crippen LogP contribution in [0.1, 0.15) is 23.2 Å². The molecule has 0 aliphatic heterocycles. The molecule has 0 unspecified atom stereocenters. The Hall–Kier alpha value is -3.09. The fourth-order valence-electron chi connectivity index (χ4n) is 3.87. The van der Waals surface area contributed by atoms with Crippen LogP contribution in [0.15, 0.2) is 35.3 Å². The number of fused-ring (bicyclic) bond motifs is 2. The average molecular weight is 380 g/mol. The number of nitrogens with zero attached hydrogens (tertiary/aromatic N) is 2. The first-order chi connectivity index (χ1) is 13.5. The summed E-state index contributed by atoms with van der Waals surface area (Å²) in [4.78, 5) is 27.7. The molecule has 146 valence electrons. The Morgan fingerprint density at radius 1 is 1.39 bits per heavy atom. The third-order valence-electron chi connectivity index (χ3n) is 5.49. The van der Waals surface area contributed by atoms with E-state index in [1.54, 1.807) is 20.2 Å². The highest BCUT2D eigenvalue weighted by Crippen LogP contribution is 2.25. The van der Waals surface area contributed by atoms with Crippen molar-refractivity contribution in [1.29, 1.82) is 0 Å². The fraction of sp³-hybridized carbons (Fsp3) is 0.381. The minimum absolute atomic E-state index is 0.0451. The molecule has 0 saturated heterocycles. The summed E-state index contributed by atoms with van der Waals surface area (Å²) < 4.78 is 6.66. The summed E-state index contributed by atoms with van der Waals surface area (Å²) in [5, 5.41) is 8.47. The third-order valence-corrected chi connectivity index (χ3v) is 5.49. The van der Waals surface area contributed by atoms with E-state index < -0.39 is 0 Å². The van der Waals surface area contributed by atoms with Crippen LogP contribution in [0.2, 0.25) is 0 Å². The molecule has 2 N–H and O–H groups in total. The van der Waals surface area contributed by atoms with Crippen LogP contribution in [-0.4, -0.2) is 34.3 Å². The normalized spacial score (nSPS) is 16.0. The number of aromatic amines is 1. The molecule has 0 radical (unpaired) electrons. The predicted octanol–water partition coefficient (Wildman–Crippen LogP) is 1.73. The van der Waals surface area contributed by atoms with Gasteiger partial charge in [0.2, 0.25) is 5.91 Å². The molecular formula is C21H24N4O3. The summed E-state index contributed by atoms with van der Waals surface area (Å²) in [6.07, 6.45) is 4.78. The lowest BCUT2D eigenvalue weighted by Gasteiger charge is -2.23.